The number of nitro groups is 1. The molecule has 0 aromatic carbocycles. The molecule has 13 nitrogen and oxygen atoms in total. The first-order chi connectivity index (χ1) is 27.1. The molecular formula is C45H60N8O5. The van der Waals surface area contributed by atoms with Gasteiger partial charge in [0.25, 0.3) is 11.6 Å². The molecule has 4 rings (SSSR count). The van der Waals surface area contributed by atoms with Crippen molar-refractivity contribution in [3.63, 3.8) is 0 Å². The predicted molar refractivity (Wildman–Crippen MR) is 228 cm³/mol. The van der Waals surface area contributed by atoms with Crippen molar-refractivity contribution in [2.75, 3.05) is 6.54 Å². The van der Waals surface area contributed by atoms with E-state index in [4.69, 9.17) is 15.6 Å². The molecule has 58 heavy (non-hydrogen) atoms. The molecule has 2 N–H and O–H groups in total. The van der Waals surface area contributed by atoms with Gasteiger partial charge in [0.05, 0.1) is 10.5 Å². The molecule has 0 spiro atoms. The van der Waals surface area contributed by atoms with Gasteiger partial charge in [-0.05, 0) is 159 Å². The first-order valence-corrected chi connectivity index (χ1v) is 19.5. The zero-order chi connectivity index (χ0) is 44.8. The minimum atomic E-state index is -0.937. The quantitative estimate of drug-likeness (QED) is 0.127. The van der Waals surface area contributed by atoms with E-state index >= 15 is 0 Å². The van der Waals surface area contributed by atoms with Crippen molar-refractivity contribution in [2.24, 2.45) is 0 Å². The standard InChI is InChI=1S/C13H20N2O.C11H14N2.C11H15NO2.C10H11N3O2/c1-6-11-9(4)8(3)10(5)15-12(11)13(16)14-7-2;1-5-10-8(3)7(2)9(4)13-11(10)6-12;1-5-9-7(3)6(2)8(4)12-10(9)11(13)14;1-4-8-9(5-11)12-7(3)6(2)10(8)13(14)15/h6-7H2,1-5H3,(H,14,16);5H2,1-4H3;5H2,1-4H3,(H,13,14);4H2,1-3H3. The van der Waals surface area contributed by atoms with Crippen LogP contribution < -0.4 is 5.32 Å². The number of carbonyl (C=O) groups is 2. The fraction of sp³-hybridized carbons (Fsp3) is 0.467. The van der Waals surface area contributed by atoms with E-state index in [0.717, 1.165) is 57.7 Å². The predicted octanol–water partition coefficient (Wildman–Crippen LogP) is 9.07. The zero-order valence-electron chi connectivity index (χ0n) is 37.2. The molecule has 13 heteroatoms. The minimum Gasteiger partial charge on any atom is -0.477 e. The Morgan fingerprint density at radius 3 is 1.28 bits per heavy atom. The van der Waals surface area contributed by atoms with Crippen LogP contribution in [0.2, 0.25) is 0 Å². The molecule has 0 saturated heterocycles. The van der Waals surface area contributed by atoms with E-state index in [9.17, 15) is 19.7 Å². The van der Waals surface area contributed by atoms with E-state index in [2.05, 4.69) is 72.9 Å². The molecule has 4 heterocycles. The van der Waals surface area contributed by atoms with Crippen LogP contribution in [0.1, 0.15) is 151 Å². The molecule has 0 aliphatic heterocycles. The van der Waals surface area contributed by atoms with Gasteiger partial charge in [0.2, 0.25) is 0 Å². The number of aromatic carboxylic acids is 1. The summed E-state index contributed by atoms with van der Waals surface area (Å²) < 4.78 is 0. The molecule has 0 fully saturated rings. The summed E-state index contributed by atoms with van der Waals surface area (Å²) in [6.07, 6.45) is 2.87. The lowest BCUT2D eigenvalue weighted by molar-refractivity contribution is -0.386. The van der Waals surface area contributed by atoms with Crippen LogP contribution in [-0.2, 0) is 25.7 Å². The van der Waals surface area contributed by atoms with Gasteiger partial charge in [0.1, 0.15) is 23.5 Å². The Bertz CT molecular complexity index is 2270. The summed E-state index contributed by atoms with van der Waals surface area (Å²) in [6.45, 7) is 31.6. The first kappa shape index (κ1) is 49.9. The maximum absolute atomic E-state index is 11.9. The van der Waals surface area contributed by atoms with Crippen LogP contribution in [0.15, 0.2) is 0 Å². The van der Waals surface area contributed by atoms with E-state index in [0.29, 0.717) is 47.6 Å². The molecule has 1 amide bonds. The third-order valence-corrected chi connectivity index (χ3v) is 10.7. The fourth-order valence-electron chi connectivity index (χ4n) is 6.49. The Morgan fingerprint density at radius 2 is 0.914 bits per heavy atom. The van der Waals surface area contributed by atoms with Crippen LogP contribution >= 0.6 is 0 Å². The van der Waals surface area contributed by atoms with E-state index in [1.165, 1.54) is 22.3 Å². The first-order valence-electron chi connectivity index (χ1n) is 19.5. The van der Waals surface area contributed by atoms with Gasteiger partial charge in [-0.2, -0.15) is 10.5 Å². The van der Waals surface area contributed by atoms with Gasteiger partial charge in [-0.15, -0.1) is 0 Å². The maximum Gasteiger partial charge on any atom is 0.354 e. The Balaban J connectivity index is 0.000000388. The van der Waals surface area contributed by atoms with Crippen molar-refractivity contribution < 1.29 is 19.6 Å². The van der Waals surface area contributed by atoms with Gasteiger partial charge in [-0.1, -0.05) is 27.7 Å². The van der Waals surface area contributed by atoms with Gasteiger partial charge in [-0.3, -0.25) is 14.9 Å². The van der Waals surface area contributed by atoms with Gasteiger partial charge in [0.15, 0.2) is 11.4 Å². The van der Waals surface area contributed by atoms with Gasteiger partial charge in [-0.25, -0.2) is 24.7 Å². The largest absolute Gasteiger partial charge is 0.477 e. The number of pyridine rings is 4. The second-order valence-corrected chi connectivity index (χ2v) is 13.9. The van der Waals surface area contributed by atoms with Crippen LogP contribution in [0.25, 0.3) is 0 Å². The number of aryl methyl sites for hydroxylation is 4. The summed E-state index contributed by atoms with van der Waals surface area (Å²) in [6, 6.07) is 4.04. The molecule has 4 aromatic heterocycles. The Labute approximate surface area is 344 Å². The number of nitrogens with zero attached hydrogens (tertiary/aromatic N) is 7. The molecule has 0 aliphatic carbocycles. The van der Waals surface area contributed by atoms with E-state index < -0.39 is 10.9 Å². The van der Waals surface area contributed by atoms with Crippen molar-refractivity contribution >= 4 is 17.6 Å². The number of nitrogens with one attached hydrogen (secondary N) is 1. The lowest BCUT2D eigenvalue weighted by Crippen LogP contribution is -2.26. The molecule has 0 aliphatic rings. The third-order valence-electron chi connectivity index (χ3n) is 10.7. The highest BCUT2D eigenvalue weighted by Gasteiger charge is 2.23. The highest BCUT2D eigenvalue weighted by molar-refractivity contribution is 5.94. The van der Waals surface area contributed by atoms with Crippen molar-refractivity contribution in [2.45, 2.75) is 136 Å². The maximum atomic E-state index is 11.9. The lowest BCUT2D eigenvalue weighted by Gasteiger charge is -2.14. The van der Waals surface area contributed by atoms with E-state index in [-0.39, 0.29) is 23.0 Å². The van der Waals surface area contributed by atoms with Crippen LogP contribution in [0.3, 0.4) is 0 Å². The molecule has 4 aromatic rings. The number of rotatable bonds is 8. The number of hydrogen-bond acceptors (Lipinski definition) is 10. The van der Waals surface area contributed by atoms with Crippen LogP contribution in [0, 0.1) is 109 Å². The number of aromatic nitrogens is 4. The highest BCUT2D eigenvalue weighted by atomic mass is 16.6. The van der Waals surface area contributed by atoms with E-state index in [1.807, 2.05) is 54.5 Å². The van der Waals surface area contributed by atoms with Gasteiger partial charge < -0.3 is 10.4 Å². The zero-order valence-corrected chi connectivity index (χ0v) is 37.2. The summed E-state index contributed by atoms with van der Waals surface area (Å²) in [5, 5.41) is 40.4. The Morgan fingerprint density at radius 1 is 0.569 bits per heavy atom. The number of amides is 1. The summed E-state index contributed by atoms with van der Waals surface area (Å²) in [5.74, 6) is -1.00. The van der Waals surface area contributed by atoms with Gasteiger partial charge >= 0.3 is 5.97 Å². The molecule has 0 saturated carbocycles. The number of hydrogen-bond donors (Lipinski definition) is 2. The molecule has 0 atom stereocenters. The summed E-state index contributed by atoms with van der Waals surface area (Å²) in [5.41, 5.74) is 15.7. The van der Waals surface area contributed by atoms with Crippen molar-refractivity contribution in [1.82, 2.24) is 25.3 Å². The second-order valence-electron chi connectivity index (χ2n) is 13.9. The van der Waals surface area contributed by atoms with Crippen molar-refractivity contribution in [3.8, 4) is 12.1 Å². The van der Waals surface area contributed by atoms with Crippen LogP contribution in [-0.4, -0.2) is 48.4 Å². The second kappa shape index (κ2) is 22.6. The highest BCUT2D eigenvalue weighted by Crippen LogP contribution is 2.28. The number of carboxylic acid groups (broad SMARTS) is 1. The Kier molecular flexibility index (Phi) is 19.5. The van der Waals surface area contributed by atoms with Gasteiger partial charge in [0, 0.05) is 34.9 Å². The minimum absolute atomic E-state index is 0.0292. The number of carboxylic acids is 1. The number of carbonyl (C=O) groups excluding carboxylic acids is 1. The summed E-state index contributed by atoms with van der Waals surface area (Å²) in [4.78, 5) is 50.1. The molecule has 0 bridgehead atoms. The van der Waals surface area contributed by atoms with Crippen molar-refractivity contribution in [3.05, 3.63) is 117 Å². The smallest absolute Gasteiger partial charge is 0.354 e. The SMILES string of the molecule is CCNC(=O)c1nc(C)c(C)c(C)c1CC.CCc1c(C#N)nc(C)c(C)c1C.CCc1c(C#N)nc(C)c(C)c1[N+](=O)[O-].CCc1c(C(=O)O)nc(C)c(C)c1C. The Hall–Kier alpha value is -6.08. The average Bonchev–Trinajstić information content (AvgIpc) is 3.19. The average molecular weight is 793 g/mol. The number of nitriles is 2. The fourth-order valence-corrected chi connectivity index (χ4v) is 6.49. The van der Waals surface area contributed by atoms with E-state index in [1.54, 1.807) is 20.8 Å². The monoisotopic (exact) mass is 792 g/mol. The molecular weight excluding hydrogens is 733 g/mol. The lowest BCUT2D eigenvalue weighted by atomic mass is 9.98. The normalized spacial score (nSPS) is 10.0. The molecule has 310 valence electrons. The van der Waals surface area contributed by atoms with Crippen LogP contribution in [0.5, 0.6) is 0 Å². The molecule has 0 unspecified atom stereocenters. The topological polar surface area (TPSA) is 209 Å². The third kappa shape index (κ3) is 11.7. The summed E-state index contributed by atoms with van der Waals surface area (Å²) >= 11 is 0. The van der Waals surface area contributed by atoms with Crippen LogP contribution in [0.4, 0.5) is 5.69 Å². The molecule has 0 radical (unpaired) electrons. The van der Waals surface area contributed by atoms with Crippen molar-refractivity contribution in [1.29, 1.82) is 10.5 Å². The summed E-state index contributed by atoms with van der Waals surface area (Å²) in [7, 11) is 0.